The summed E-state index contributed by atoms with van der Waals surface area (Å²) in [6.07, 6.45) is 0. The minimum absolute atomic E-state index is 0.675. The van der Waals surface area contributed by atoms with Crippen molar-refractivity contribution in [3.8, 4) is 0 Å². The van der Waals surface area contributed by atoms with Gasteiger partial charge in [0, 0.05) is 4.47 Å². The Kier molecular flexibility index (Phi) is 1.73. The normalized spacial score (nSPS) is 10.7. The van der Waals surface area contributed by atoms with Crippen LogP contribution in [0, 0.1) is 0 Å². The third-order valence-corrected chi connectivity index (χ3v) is 2.63. The van der Waals surface area contributed by atoms with Crippen molar-refractivity contribution in [2.24, 2.45) is 0 Å². The summed E-state index contributed by atoms with van der Waals surface area (Å²) in [6, 6.07) is 5.81. The Labute approximate surface area is 79.8 Å². The van der Waals surface area contributed by atoms with Gasteiger partial charge in [-0.15, -0.1) is 0 Å². The van der Waals surface area contributed by atoms with Crippen LogP contribution < -0.4 is 0 Å². The highest BCUT2D eigenvalue weighted by atomic mass is 79.9. The Morgan fingerprint density at radius 3 is 2.82 bits per heavy atom. The van der Waals surface area contributed by atoms with Crippen molar-refractivity contribution in [1.82, 2.24) is 5.16 Å². The van der Waals surface area contributed by atoms with Crippen molar-refractivity contribution in [3.05, 3.63) is 27.3 Å². The number of nitrogens with zero attached hydrogens (tertiary/aromatic N) is 1. The van der Waals surface area contributed by atoms with Gasteiger partial charge in [-0.05, 0) is 44.0 Å². The summed E-state index contributed by atoms with van der Waals surface area (Å²) in [6.45, 7) is 0. The third-order valence-electron chi connectivity index (χ3n) is 1.42. The predicted octanol–water partition coefficient (Wildman–Crippen LogP) is 3.35. The zero-order valence-corrected chi connectivity index (χ0v) is 8.52. The lowest BCUT2D eigenvalue weighted by atomic mass is 10.3. The van der Waals surface area contributed by atoms with Crippen LogP contribution in [0.15, 0.2) is 31.9 Å². The molecule has 0 atom stereocenters. The van der Waals surface area contributed by atoms with Crippen LogP contribution in [0.5, 0.6) is 0 Å². The highest BCUT2D eigenvalue weighted by Crippen LogP contribution is 2.28. The van der Waals surface area contributed by atoms with Crippen LogP contribution >= 0.6 is 31.9 Å². The van der Waals surface area contributed by atoms with E-state index in [0.29, 0.717) is 4.67 Å². The number of halogens is 2. The molecule has 0 aliphatic carbocycles. The molecule has 2 aromatic rings. The number of fused-ring (bicyclic) bond motifs is 1. The summed E-state index contributed by atoms with van der Waals surface area (Å²) in [4.78, 5) is 0. The van der Waals surface area contributed by atoms with E-state index in [4.69, 9.17) is 4.52 Å². The molecule has 0 bridgehead atoms. The Morgan fingerprint density at radius 1 is 1.27 bits per heavy atom. The van der Waals surface area contributed by atoms with Crippen molar-refractivity contribution < 1.29 is 4.52 Å². The van der Waals surface area contributed by atoms with E-state index in [-0.39, 0.29) is 0 Å². The quantitative estimate of drug-likeness (QED) is 0.738. The molecule has 0 aliphatic heterocycles. The Balaban J connectivity index is 2.94. The van der Waals surface area contributed by atoms with Gasteiger partial charge in [0.15, 0.2) is 0 Å². The Hall–Kier alpha value is -0.350. The van der Waals surface area contributed by atoms with E-state index < -0.39 is 0 Å². The largest absolute Gasteiger partial charge is 0.348 e. The molecule has 0 amide bonds. The van der Waals surface area contributed by atoms with E-state index in [9.17, 15) is 0 Å². The monoisotopic (exact) mass is 275 g/mol. The van der Waals surface area contributed by atoms with Crippen molar-refractivity contribution >= 4 is 42.8 Å². The van der Waals surface area contributed by atoms with E-state index in [0.717, 1.165) is 15.4 Å². The summed E-state index contributed by atoms with van der Waals surface area (Å²) >= 11 is 6.62. The van der Waals surface area contributed by atoms with Crippen LogP contribution in [-0.4, -0.2) is 5.16 Å². The fourth-order valence-corrected chi connectivity index (χ4v) is 1.73. The summed E-state index contributed by atoms with van der Waals surface area (Å²) in [7, 11) is 0. The number of aromatic nitrogens is 1. The predicted molar refractivity (Wildman–Crippen MR) is 49.4 cm³/mol. The fourth-order valence-electron chi connectivity index (χ4n) is 0.902. The number of benzene rings is 1. The molecule has 0 radical (unpaired) electrons. The van der Waals surface area contributed by atoms with Crippen molar-refractivity contribution in [3.63, 3.8) is 0 Å². The van der Waals surface area contributed by atoms with Gasteiger partial charge in [-0.2, -0.15) is 0 Å². The number of rotatable bonds is 0. The Bertz CT molecular complexity index is 396. The van der Waals surface area contributed by atoms with Gasteiger partial charge >= 0.3 is 0 Å². The van der Waals surface area contributed by atoms with Gasteiger partial charge in [-0.3, -0.25) is 0 Å². The van der Waals surface area contributed by atoms with Crippen LogP contribution in [0.3, 0.4) is 0 Å². The van der Waals surface area contributed by atoms with Crippen LogP contribution in [0.2, 0.25) is 0 Å². The average Bonchev–Trinajstić information content (AvgIpc) is 2.35. The lowest BCUT2D eigenvalue weighted by Gasteiger charge is -1.87. The van der Waals surface area contributed by atoms with Gasteiger partial charge in [0.05, 0.1) is 5.39 Å². The van der Waals surface area contributed by atoms with Gasteiger partial charge < -0.3 is 4.52 Å². The second kappa shape index (κ2) is 2.60. The van der Waals surface area contributed by atoms with Crippen molar-refractivity contribution in [2.75, 3.05) is 0 Å². The first-order valence-corrected chi connectivity index (χ1v) is 4.57. The fraction of sp³-hybridized carbons (Fsp3) is 0. The van der Waals surface area contributed by atoms with Gasteiger partial charge in [-0.1, -0.05) is 11.2 Å². The maximum absolute atomic E-state index is 4.93. The smallest absolute Gasteiger partial charge is 0.209 e. The Morgan fingerprint density at radius 2 is 2.09 bits per heavy atom. The molecule has 1 aromatic heterocycles. The van der Waals surface area contributed by atoms with E-state index >= 15 is 0 Å². The first-order chi connectivity index (χ1) is 5.29. The minimum atomic E-state index is 0.675. The number of hydrogen-bond acceptors (Lipinski definition) is 2. The molecule has 0 unspecified atom stereocenters. The molecule has 0 saturated carbocycles. The van der Waals surface area contributed by atoms with Gasteiger partial charge in [-0.25, -0.2) is 0 Å². The summed E-state index contributed by atoms with van der Waals surface area (Å²) in [5.41, 5.74) is 0.847. The zero-order chi connectivity index (χ0) is 7.84. The third kappa shape index (κ3) is 1.10. The summed E-state index contributed by atoms with van der Waals surface area (Å²) in [5.74, 6) is 0. The second-order valence-corrected chi connectivity index (χ2v) is 3.67. The molecule has 2 nitrogen and oxygen atoms in total. The maximum Gasteiger partial charge on any atom is 0.209 e. The molecule has 4 heteroatoms. The lowest BCUT2D eigenvalue weighted by Crippen LogP contribution is -1.68. The topological polar surface area (TPSA) is 26.0 Å². The van der Waals surface area contributed by atoms with Gasteiger partial charge in [0.1, 0.15) is 5.52 Å². The molecule has 0 saturated heterocycles. The summed E-state index contributed by atoms with van der Waals surface area (Å²) < 4.78 is 6.56. The average molecular weight is 277 g/mol. The lowest BCUT2D eigenvalue weighted by molar-refractivity contribution is 0.408. The van der Waals surface area contributed by atoms with Crippen LogP contribution in [-0.2, 0) is 0 Å². The van der Waals surface area contributed by atoms with Crippen LogP contribution in [0.25, 0.3) is 10.9 Å². The zero-order valence-electron chi connectivity index (χ0n) is 5.34. The molecule has 56 valence electrons. The van der Waals surface area contributed by atoms with Gasteiger partial charge in [0.25, 0.3) is 0 Å². The van der Waals surface area contributed by atoms with Gasteiger partial charge in [0.2, 0.25) is 4.67 Å². The molecule has 0 fully saturated rings. The molecular weight excluding hydrogens is 274 g/mol. The van der Waals surface area contributed by atoms with Crippen molar-refractivity contribution in [2.45, 2.75) is 0 Å². The first-order valence-electron chi connectivity index (χ1n) is 2.98. The van der Waals surface area contributed by atoms with E-state index in [1.807, 2.05) is 18.2 Å². The maximum atomic E-state index is 4.93. The molecular formula is C7H3Br2NO. The first kappa shape index (κ1) is 7.31. The molecule has 1 heterocycles. The highest BCUT2D eigenvalue weighted by Gasteiger charge is 2.06. The van der Waals surface area contributed by atoms with Crippen molar-refractivity contribution in [1.29, 1.82) is 0 Å². The molecule has 0 N–H and O–H groups in total. The van der Waals surface area contributed by atoms with E-state index in [1.165, 1.54) is 0 Å². The van der Waals surface area contributed by atoms with E-state index in [2.05, 4.69) is 37.0 Å². The molecule has 11 heavy (non-hydrogen) atoms. The van der Waals surface area contributed by atoms with Crippen LogP contribution in [0.4, 0.5) is 0 Å². The van der Waals surface area contributed by atoms with Crippen LogP contribution in [0.1, 0.15) is 0 Å². The SMILES string of the molecule is Brc1onc2c(Br)cccc12. The molecule has 1 aromatic carbocycles. The highest BCUT2D eigenvalue weighted by molar-refractivity contribution is 9.11. The molecule has 0 aliphatic rings. The molecule has 2 rings (SSSR count). The number of hydrogen-bond donors (Lipinski definition) is 0. The summed E-state index contributed by atoms with van der Waals surface area (Å²) in [5, 5.41) is 4.83. The molecule has 0 spiro atoms. The minimum Gasteiger partial charge on any atom is -0.348 e. The standard InChI is InChI=1S/C7H3Br2NO/c8-5-3-1-2-4-6(5)10-11-7(4)9/h1-3H. The van der Waals surface area contributed by atoms with E-state index in [1.54, 1.807) is 0 Å². The second-order valence-electron chi connectivity index (χ2n) is 2.09.